The number of carbonyl (C=O) groups excluding carboxylic acids is 1. The number of hydrogen-bond acceptors (Lipinski definition) is 5. The van der Waals surface area contributed by atoms with Gasteiger partial charge >= 0.3 is 5.97 Å². The van der Waals surface area contributed by atoms with Crippen molar-refractivity contribution in [3.63, 3.8) is 0 Å². The van der Waals surface area contributed by atoms with Crippen LogP contribution in [0.2, 0.25) is 0 Å². The molecule has 6 nitrogen and oxygen atoms in total. The maximum absolute atomic E-state index is 11.9. The summed E-state index contributed by atoms with van der Waals surface area (Å²) in [5.74, 6) is -0.656. The van der Waals surface area contributed by atoms with Gasteiger partial charge in [0.2, 0.25) is 5.91 Å². The second-order valence-corrected chi connectivity index (χ2v) is 6.59. The van der Waals surface area contributed by atoms with Crippen molar-refractivity contribution in [1.82, 2.24) is 0 Å². The van der Waals surface area contributed by atoms with Crippen molar-refractivity contribution in [2.75, 3.05) is 18.2 Å². The van der Waals surface area contributed by atoms with E-state index in [1.807, 2.05) is 0 Å². The molecule has 0 radical (unpaired) electrons. The van der Waals surface area contributed by atoms with Gasteiger partial charge < -0.3 is 20.9 Å². The molecule has 4 N–H and O–H groups in total. The minimum atomic E-state index is -1.09. The third kappa shape index (κ3) is 4.95. The summed E-state index contributed by atoms with van der Waals surface area (Å²) in [4.78, 5) is 22.9. The van der Waals surface area contributed by atoms with E-state index in [2.05, 4.69) is 5.32 Å². The van der Waals surface area contributed by atoms with Gasteiger partial charge in [0.1, 0.15) is 11.8 Å². The van der Waals surface area contributed by atoms with Crippen LogP contribution in [-0.4, -0.2) is 40.6 Å². The molecule has 0 aliphatic carbocycles. The normalized spacial score (nSPS) is 12.6. The molecule has 1 amide bonds. The fourth-order valence-electron chi connectivity index (χ4n) is 1.57. The van der Waals surface area contributed by atoms with Gasteiger partial charge in [0.25, 0.3) is 0 Å². The van der Waals surface area contributed by atoms with Crippen LogP contribution < -0.4 is 15.8 Å². The minimum Gasteiger partial charge on any atom is -0.495 e. The van der Waals surface area contributed by atoms with E-state index in [-0.39, 0.29) is 11.7 Å². The van der Waals surface area contributed by atoms with Gasteiger partial charge in [-0.3, -0.25) is 9.59 Å². The number of aliphatic carboxylic acids is 1. The van der Waals surface area contributed by atoms with E-state index in [1.165, 1.54) is 18.9 Å². The lowest BCUT2D eigenvalue weighted by molar-refractivity contribution is -0.139. The average molecular weight is 312 g/mol. The first kappa shape index (κ1) is 17.3. The molecule has 0 aliphatic rings. The number of rotatable bonds is 7. The minimum absolute atomic E-state index is 0.103. The number of thioether (sulfide) groups is 1. The van der Waals surface area contributed by atoms with E-state index in [1.54, 1.807) is 38.1 Å². The van der Waals surface area contributed by atoms with Crippen molar-refractivity contribution >= 4 is 29.3 Å². The van der Waals surface area contributed by atoms with E-state index in [0.29, 0.717) is 11.4 Å². The first-order chi connectivity index (χ1) is 9.77. The highest BCUT2D eigenvalue weighted by Gasteiger charge is 2.33. The van der Waals surface area contributed by atoms with Gasteiger partial charge in [-0.2, -0.15) is 0 Å². The molecule has 0 aliphatic heterocycles. The van der Waals surface area contributed by atoms with E-state index in [9.17, 15) is 9.59 Å². The third-order valence-corrected chi connectivity index (χ3v) is 4.38. The number of benzene rings is 1. The molecule has 0 saturated heterocycles. The van der Waals surface area contributed by atoms with Crippen LogP contribution >= 0.6 is 11.8 Å². The Kier molecular flexibility index (Phi) is 6.04. The lowest BCUT2D eigenvalue weighted by Crippen LogP contribution is -2.47. The van der Waals surface area contributed by atoms with Gasteiger partial charge in [-0.15, -0.1) is 11.8 Å². The Balaban J connectivity index is 2.60. The van der Waals surface area contributed by atoms with Crippen LogP contribution in [0.25, 0.3) is 0 Å². The lowest BCUT2D eigenvalue weighted by Gasteiger charge is -2.27. The second kappa shape index (κ2) is 7.33. The summed E-state index contributed by atoms with van der Waals surface area (Å²) in [7, 11) is 1.52. The summed E-state index contributed by atoms with van der Waals surface area (Å²) in [5, 5.41) is 11.7. The number of ether oxygens (including phenoxy) is 1. The van der Waals surface area contributed by atoms with Gasteiger partial charge in [0.05, 0.1) is 18.6 Å². The molecular weight excluding hydrogens is 292 g/mol. The predicted molar refractivity (Wildman–Crippen MR) is 83.8 cm³/mol. The number of methoxy groups -OCH3 is 1. The molecule has 0 saturated carbocycles. The Bertz CT molecular complexity index is 519. The molecule has 1 rings (SSSR count). The van der Waals surface area contributed by atoms with Crippen molar-refractivity contribution in [2.45, 2.75) is 24.6 Å². The molecule has 21 heavy (non-hydrogen) atoms. The first-order valence-electron chi connectivity index (χ1n) is 6.33. The van der Waals surface area contributed by atoms with Crippen molar-refractivity contribution in [2.24, 2.45) is 5.73 Å². The van der Waals surface area contributed by atoms with Crippen LogP contribution in [0.3, 0.4) is 0 Å². The molecule has 0 bridgehead atoms. The number of nitrogens with two attached hydrogens (primary N) is 1. The summed E-state index contributed by atoms with van der Waals surface area (Å²) in [6.07, 6.45) is 0. The molecule has 7 heteroatoms. The summed E-state index contributed by atoms with van der Waals surface area (Å²) < 4.78 is 4.40. The van der Waals surface area contributed by atoms with Gasteiger partial charge in [0.15, 0.2) is 0 Å². The lowest BCUT2D eigenvalue weighted by atomic mass is 10.1. The molecule has 0 spiro atoms. The van der Waals surface area contributed by atoms with Crippen LogP contribution in [0.1, 0.15) is 13.8 Å². The van der Waals surface area contributed by atoms with Gasteiger partial charge in [0, 0.05) is 4.75 Å². The van der Waals surface area contributed by atoms with Gasteiger partial charge in [-0.1, -0.05) is 12.1 Å². The van der Waals surface area contributed by atoms with Crippen LogP contribution in [0.4, 0.5) is 5.69 Å². The molecule has 0 aromatic heterocycles. The number of carbonyl (C=O) groups is 2. The fraction of sp³-hybridized carbons (Fsp3) is 0.429. The van der Waals surface area contributed by atoms with Crippen molar-refractivity contribution in [1.29, 1.82) is 0 Å². The molecule has 0 fully saturated rings. The average Bonchev–Trinajstić information content (AvgIpc) is 2.45. The third-order valence-electron chi connectivity index (χ3n) is 2.97. The Morgan fingerprint density at radius 1 is 1.43 bits per heavy atom. The van der Waals surface area contributed by atoms with Gasteiger partial charge in [-0.25, -0.2) is 0 Å². The summed E-state index contributed by atoms with van der Waals surface area (Å²) in [6.45, 7) is 3.40. The zero-order chi connectivity index (χ0) is 16.0. The van der Waals surface area contributed by atoms with Crippen LogP contribution in [-0.2, 0) is 9.59 Å². The maximum atomic E-state index is 11.9. The van der Waals surface area contributed by atoms with Crippen molar-refractivity contribution < 1.29 is 19.4 Å². The number of carboxylic acid groups (broad SMARTS) is 1. The molecule has 1 atom stereocenters. The molecule has 116 valence electrons. The Hall–Kier alpha value is -1.73. The quantitative estimate of drug-likeness (QED) is 0.706. The highest BCUT2D eigenvalue weighted by atomic mass is 32.2. The molecule has 0 heterocycles. The van der Waals surface area contributed by atoms with E-state index in [0.717, 1.165) is 0 Å². The molecule has 1 aromatic carbocycles. The topological polar surface area (TPSA) is 102 Å². The van der Waals surface area contributed by atoms with Gasteiger partial charge in [-0.05, 0) is 26.0 Å². The number of anilines is 1. The highest BCUT2D eigenvalue weighted by molar-refractivity contribution is 8.01. The van der Waals surface area contributed by atoms with Crippen molar-refractivity contribution in [3.05, 3.63) is 24.3 Å². The summed E-state index contributed by atoms with van der Waals surface area (Å²) >= 11 is 1.20. The first-order valence-corrected chi connectivity index (χ1v) is 7.31. The summed E-state index contributed by atoms with van der Waals surface area (Å²) in [5.41, 5.74) is 6.18. The monoisotopic (exact) mass is 312 g/mol. The maximum Gasteiger partial charge on any atom is 0.321 e. The Labute approximate surface area is 128 Å². The molecule has 0 unspecified atom stereocenters. The SMILES string of the molecule is COc1ccccc1NC(=O)CSC(C)(C)[C@H](N)C(=O)O. The molecule has 1 aromatic rings. The van der Waals surface area contributed by atoms with E-state index in [4.69, 9.17) is 15.6 Å². The van der Waals surface area contributed by atoms with Crippen LogP contribution in [0, 0.1) is 0 Å². The second-order valence-electron chi connectivity index (χ2n) is 4.96. The number of nitrogens with one attached hydrogen (secondary N) is 1. The smallest absolute Gasteiger partial charge is 0.321 e. The number of para-hydroxylation sites is 2. The fourth-order valence-corrected chi connectivity index (χ4v) is 2.43. The summed E-state index contributed by atoms with van der Waals surface area (Å²) in [6, 6.07) is 6.03. The van der Waals surface area contributed by atoms with E-state index < -0.39 is 16.8 Å². The molecular formula is C14H20N2O4S. The number of amides is 1. The Morgan fingerprint density at radius 3 is 2.62 bits per heavy atom. The zero-order valence-electron chi connectivity index (χ0n) is 12.3. The van der Waals surface area contributed by atoms with Crippen molar-refractivity contribution in [3.8, 4) is 5.75 Å². The number of carboxylic acids is 1. The highest BCUT2D eigenvalue weighted by Crippen LogP contribution is 2.28. The largest absolute Gasteiger partial charge is 0.495 e. The zero-order valence-corrected chi connectivity index (χ0v) is 13.1. The Morgan fingerprint density at radius 2 is 2.05 bits per heavy atom. The van der Waals surface area contributed by atoms with Crippen LogP contribution in [0.15, 0.2) is 24.3 Å². The standard InChI is InChI=1S/C14H20N2O4S/c1-14(2,12(15)13(18)19)21-8-11(17)16-9-6-4-5-7-10(9)20-3/h4-7,12H,8,15H2,1-3H3,(H,16,17)(H,18,19)/t12-/m1/s1. The van der Waals surface area contributed by atoms with Crippen LogP contribution in [0.5, 0.6) is 5.75 Å². The predicted octanol–water partition coefficient (Wildman–Crippen LogP) is 1.56. The number of hydrogen-bond donors (Lipinski definition) is 3. The van der Waals surface area contributed by atoms with E-state index >= 15 is 0 Å².